The summed E-state index contributed by atoms with van der Waals surface area (Å²) >= 11 is 0. The average Bonchev–Trinajstić information content (AvgIpc) is 2.97. The highest BCUT2D eigenvalue weighted by atomic mass is 32.2. The van der Waals surface area contributed by atoms with E-state index in [2.05, 4.69) is 5.32 Å². The van der Waals surface area contributed by atoms with Gasteiger partial charge in [0.2, 0.25) is 11.8 Å². The predicted molar refractivity (Wildman–Crippen MR) is 162 cm³/mol. The molecule has 0 aliphatic heterocycles. The number of rotatable bonds is 13. The van der Waals surface area contributed by atoms with Crippen LogP contribution in [0.2, 0.25) is 0 Å². The maximum Gasteiger partial charge on any atom is 0.264 e. The first-order valence-corrected chi connectivity index (χ1v) is 15.3. The van der Waals surface area contributed by atoms with Crippen molar-refractivity contribution in [3.05, 3.63) is 89.5 Å². The molecule has 2 atom stereocenters. The van der Waals surface area contributed by atoms with Crippen molar-refractivity contribution in [1.82, 2.24) is 10.2 Å². The summed E-state index contributed by atoms with van der Waals surface area (Å²) in [6.07, 6.45) is 1.10. The summed E-state index contributed by atoms with van der Waals surface area (Å²) in [5.74, 6) is -0.0801. The molecular formula is C32H41N3O5S. The number of benzene rings is 3. The molecule has 8 nitrogen and oxygen atoms in total. The Morgan fingerprint density at radius 2 is 1.56 bits per heavy atom. The molecule has 2 amide bonds. The number of amides is 2. The lowest BCUT2D eigenvalue weighted by atomic mass is 10.1. The minimum absolute atomic E-state index is 0.0700. The first-order chi connectivity index (χ1) is 19.5. The molecule has 0 heterocycles. The zero-order valence-corrected chi connectivity index (χ0v) is 25.6. The second-order valence-electron chi connectivity index (χ2n) is 10.2. The Morgan fingerprint density at radius 1 is 0.902 bits per heavy atom. The second kappa shape index (κ2) is 14.2. The van der Waals surface area contributed by atoms with E-state index in [0.29, 0.717) is 17.9 Å². The Kier molecular flexibility index (Phi) is 10.9. The van der Waals surface area contributed by atoms with Crippen LogP contribution in [0.5, 0.6) is 5.75 Å². The summed E-state index contributed by atoms with van der Waals surface area (Å²) in [6, 6.07) is 19.8. The van der Waals surface area contributed by atoms with Crippen molar-refractivity contribution < 1.29 is 22.7 Å². The third kappa shape index (κ3) is 7.67. The van der Waals surface area contributed by atoms with E-state index in [1.807, 2.05) is 52.8 Å². The topological polar surface area (TPSA) is 96.0 Å². The molecule has 9 heteroatoms. The van der Waals surface area contributed by atoms with Crippen molar-refractivity contribution in [3.8, 4) is 5.75 Å². The van der Waals surface area contributed by atoms with Crippen LogP contribution in [0.25, 0.3) is 0 Å². The SMILES string of the molecule is CC[C@@H](C)NC(=O)[C@@H](CC)N(Cc1ccc(OC)cc1)C(=O)CN(c1cccc(C)c1C)S(=O)(=O)c1ccccc1. The van der Waals surface area contributed by atoms with Gasteiger partial charge in [0.25, 0.3) is 10.0 Å². The van der Waals surface area contributed by atoms with Gasteiger partial charge in [-0.15, -0.1) is 0 Å². The van der Waals surface area contributed by atoms with Crippen molar-refractivity contribution in [3.63, 3.8) is 0 Å². The molecule has 0 aliphatic carbocycles. The summed E-state index contributed by atoms with van der Waals surface area (Å²) < 4.78 is 34.4. The van der Waals surface area contributed by atoms with Crippen LogP contribution in [0.4, 0.5) is 5.69 Å². The van der Waals surface area contributed by atoms with Gasteiger partial charge in [0, 0.05) is 12.6 Å². The Bertz CT molecular complexity index is 1430. The van der Waals surface area contributed by atoms with Crippen LogP contribution in [0, 0.1) is 13.8 Å². The Morgan fingerprint density at radius 3 is 2.15 bits per heavy atom. The fourth-order valence-electron chi connectivity index (χ4n) is 4.53. The largest absolute Gasteiger partial charge is 0.497 e. The zero-order chi connectivity index (χ0) is 30.2. The van der Waals surface area contributed by atoms with Gasteiger partial charge in [0.15, 0.2) is 0 Å². The molecule has 3 aromatic rings. The summed E-state index contributed by atoms with van der Waals surface area (Å²) in [6.45, 7) is 9.13. The number of sulfonamides is 1. The van der Waals surface area contributed by atoms with Gasteiger partial charge in [0.05, 0.1) is 17.7 Å². The molecule has 0 aliphatic rings. The first-order valence-electron chi connectivity index (χ1n) is 13.9. The second-order valence-corrected chi connectivity index (χ2v) is 12.0. The van der Waals surface area contributed by atoms with Gasteiger partial charge in [-0.1, -0.05) is 56.3 Å². The van der Waals surface area contributed by atoms with Crippen LogP contribution in [0.15, 0.2) is 77.7 Å². The number of anilines is 1. The molecule has 0 saturated carbocycles. The Labute approximate surface area is 244 Å². The maximum atomic E-state index is 14.2. The highest BCUT2D eigenvalue weighted by Gasteiger charge is 2.34. The summed E-state index contributed by atoms with van der Waals surface area (Å²) in [7, 11) is -2.54. The lowest BCUT2D eigenvalue weighted by molar-refractivity contribution is -0.140. The number of carbonyl (C=O) groups is 2. The number of aryl methyl sites for hydroxylation is 1. The smallest absolute Gasteiger partial charge is 0.264 e. The normalized spacial score (nSPS) is 12.7. The summed E-state index contributed by atoms with van der Waals surface area (Å²) in [4.78, 5) is 29.2. The third-order valence-corrected chi connectivity index (χ3v) is 9.13. The van der Waals surface area contributed by atoms with Gasteiger partial charge in [-0.3, -0.25) is 13.9 Å². The van der Waals surface area contributed by atoms with Crippen LogP contribution in [-0.4, -0.2) is 50.9 Å². The van der Waals surface area contributed by atoms with E-state index in [4.69, 9.17) is 4.74 Å². The lowest BCUT2D eigenvalue weighted by Gasteiger charge is -2.34. The van der Waals surface area contributed by atoms with Crippen molar-refractivity contribution in [2.45, 2.75) is 71.0 Å². The molecule has 220 valence electrons. The van der Waals surface area contributed by atoms with Crippen LogP contribution in [-0.2, 0) is 26.2 Å². The number of carbonyl (C=O) groups excluding carboxylic acids is 2. The molecule has 0 aromatic heterocycles. The highest BCUT2D eigenvalue weighted by Crippen LogP contribution is 2.29. The van der Waals surface area contributed by atoms with Crippen LogP contribution < -0.4 is 14.4 Å². The van der Waals surface area contributed by atoms with Crippen molar-refractivity contribution in [2.24, 2.45) is 0 Å². The molecular weight excluding hydrogens is 538 g/mol. The van der Waals surface area contributed by atoms with Crippen LogP contribution >= 0.6 is 0 Å². The predicted octanol–water partition coefficient (Wildman–Crippen LogP) is 5.23. The summed E-state index contributed by atoms with van der Waals surface area (Å²) in [5, 5.41) is 2.99. The average molecular weight is 580 g/mol. The van der Waals surface area contributed by atoms with Gasteiger partial charge in [-0.2, -0.15) is 0 Å². The molecule has 0 unspecified atom stereocenters. The molecule has 0 fully saturated rings. The molecule has 3 aromatic carbocycles. The van der Waals surface area contributed by atoms with Gasteiger partial charge in [0.1, 0.15) is 18.3 Å². The van der Waals surface area contributed by atoms with E-state index in [-0.39, 0.29) is 23.4 Å². The molecule has 0 radical (unpaired) electrons. The van der Waals surface area contributed by atoms with E-state index >= 15 is 0 Å². The van der Waals surface area contributed by atoms with Crippen molar-refractivity contribution >= 4 is 27.5 Å². The third-order valence-electron chi connectivity index (χ3n) is 7.35. The molecule has 3 rings (SSSR count). The molecule has 0 saturated heterocycles. The first kappa shape index (κ1) is 31.7. The van der Waals surface area contributed by atoms with Crippen molar-refractivity contribution in [2.75, 3.05) is 18.0 Å². The molecule has 1 N–H and O–H groups in total. The fourth-order valence-corrected chi connectivity index (χ4v) is 6.02. The van der Waals surface area contributed by atoms with Gasteiger partial charge >= 0.3 is 0 Å². The maximum absolute atomic E-state index is 14.2. The minimum Gasteiger partial charge on any atom is -0.497 e. The Balaban J connectivity index is 2.08. The number of nitrogens with one attached hydrogen (secondary N) is 1. The van der Waals surface area contributed by atoms with Gasteiger partial charge in [-0.25, -0.2) is 8.42 Å². The Hall–Kier alpha value is -3.85. The lowest BCUT2D eigenvalue weighted by Crippen LogP contribution is -2.53. The van der Waals surface area contributed by atoms with Crippen LogP contribution in [0.1, 0.15) is 50.3 Å². The molecule has 41 heavy (non-hydrogen) atoms. The summed E-state index contributed by atoms with van der Waals surface area (Å²) in [5.41, 5.74) is 2.86. The minimum atomic E-state index is -4.11. The van der Waals surface area contributed by atoms with E-state index < -0.39 is 28.5 Å². The number of ether oxygens (including phenoxy) is 1. The zero-order valence-electron chi connectivity index (χ0n) is 24.8. The number of methoxy groups -OCH3 is 1. The van der Waals surface area contributed by atoms with E-state index in [1.165, 1.54) is 17.0 Å². The highest BCUT2D eigenvalue weighted by molar-refractivity contribution is 7.92. The van der Waals surface area contributed by atoms with Gasteiger partial charge in [-0.05, 0) is 80.6 Å². The van der Waals surface area contributed by atoms with Crippen molar-refractivity contribution in [1.29, 1.82) is 0 Å². The standard InChI is InChI=1S/C32H41N3O5S/c1-7-24(4)33-32(37)29(8-2)34(21-26-17-19-27(40-6)20-18-26)31(36)22-35(30-16-12-13-23(3)25(30)5)41(38,39)28-14-10-9-11-15-28/h9-20,24,29H,7-8,21-22H2,1-6H3,(H,33,37)/t24-,29-/m1/s1. The molecule has 0 spiro atoms. The van der Waals surface area contributed by atoms with Crippen LogP contribution in [0.3, 0.4) is 0 Å². The number of hydrogen-bond donors (Lipinski definition) is 1. The number of nitrogens with zero attached hydrogens (tertiary/aromatic N) is 2. The quantitative estimate of drug-likeness (QED) is 0.299. The monoisotopic (exact) mass is 579 g/mol. The van der Waals surface area contributed by atoms with Gasteiger partial charge < -0.3 is 15.0 Å². The van der Waals surface area contributed by atoms with E-state index in [9.17, 15) is 18.0 Å². The van der Waals surface area contributed by atoms with E-state index in [0.717, 1.165) is 27.4 Å². The molecule has 0 bridgehead atoms. The fraction of sp³-hybridized carbons (Fsp3) is 0.375. The number of hydrogen-bond acceptors (Lipinski definition) is 5. The van der Waals surface area contributed by atoms with E-state index in [1.54, 1.807) is 49.6 Å².